The Labute approximate surface area is 153 Å². The van der Waals surface area contributed by atoms with E-state index in [2.05, 4.69) is 31.7 Å². The maximum absolute atomic E-state index is 13.4. The molecule has 0 bridgehead atoms. The summed E-state index contributed by atoms with van der Waals surface area (Å²) in [6.07, 6.45) is 3.57. The Morgan fingerprint density at radius 2 is 1.84 bits per heavy atom. The number of hydrogen-bond acceptors (Lipinski definition) is 2. The molecule has 0 saturated carbocycles. The lowest BCUT2D eigenvalue weighted by molar-refractivity contribution is 0.240. The van der Waals surface area contributed by atoms with Crippen molar-refractivity contribution in [1.29, 1.82) is 0 Å². The zero-order valence-electron chi connectivity index (χ0n) is 13.2. The van der Waals surface area contributed by atoms with Gasteiger partial charge in [0.05, 0.1) is 10.2 Å². The SMILES string of the molecule is O=C(NCc1cccc(-n2cccn2)c1)NCc1ccc(Br)c(F)c1. The molecule has 2 N–H and O–H groups in total. The predicted molar refractivity (Wildman–Crippen MR) is 96.7 cm³/mol. The van der Waals surface area contributed by atoms with Crippen molar-refractivity contribution in [2.45, 2.75) is 13.1 Å². The van der Waals surface area contributed by atoms with Crippen LogP contribution in [0.15, 0.2) is 65.4 Å². The first-order valence-corrected chi connectivity index (χ1v) is 8.46. The number of rotatable bonds is 5. The van der Waals surface area contributed by atoms with E-state index in [1.54, 1.807) is 23.0 Å². The van der Waals surface area contributed by atoms with Crippen LogP contribution in [-0.2, 0) is 13.1 Å². The molecule has 1 aromatic heterocycles. The highest BCUT2D eigenvalue weighted by Crippen LogP contribution is 2.16. The van der Waals surface area contributed by atoms with Crippen LogP contribution in [0.2, 0.25) is 0 Å². The van der Waals surface area contributed by atoms with Gasteiger partial charge in [-0.1, -0.05) is 18.2 Å². The number of aromatic nitrogens is 2. The highest BCUT2D eigenvalue weighted by atomic mass is 79.9. The van der Waals surface area contributed by atoms with Crippen LogP contribution < -0.4 is 10.6 Å². The van der Waals surface area contributed by atoms with E-state index in [0.29, 0.717) is 16.6 Å². The predicted octanol–water partition coefficient (Wildman–Crippen LogP) is 3.77. The molecule has 0 saturated heterocycles. The Morgan fingerprint density at radius 1 is 1.08 bits per heavy atom. The third-order valence-electron chi connectivity index (χ3n) is 3.57. The van der Waals surface area contributed by atoms with Gasteiger partial charge in [0.1, 0.15) is 5.82 Å². The summed E-state index contributed by atoms with van der Waals surface area (Å²) in [5.74, 6) is -0.352. The maximum atomic E-state index is 13.4. The van der Waals surface area contributed by atoms with Gasteiger partial charge in [-0.15, -0.1) is 0 Å². The van der Waals surface area contributed by atoms with Gasteiger partial charge in [0.25, 0.3) is 0 Å². The molecule has 0 spiro atoms. The molecular formula is C18H16BrFN4O. The van der Waals surface area contributed by atoms with Crippen LogP contribution in [0.5, 0.6) is 0 Å². The van der Waals surface area contributed by atoms with Gasteiger partial charge in [-0.3, -0.25) is 0 Å². The first-order chi connectivity index (χ1) is 12.1. The highest BCUT2D eigenvalue weighted by Gasteiger charge is 2.04. The molecule has 0 fully saturated rings. The minimum Gasteiger partial charge on any atom is -0.334 e. The first kappa shape index (κ1) is 17.2. The lowest BCUT2D eigenvalue weighted by atomic mass is 10.2. The summed E-state index contributed by atoms with van der Waals surface area (Å²) >= 11 is 3.10. The van der Waals surface area contributed by atoms with E-state index in [9.17, 15) is 9.18 Å². The molecular weight excluding hydrogens is 387 g/mol. The Balaban J connectivity index is 1.52. The first-order valence-electron chi connectivity index (χ1n) is 7.66. The molecule has 0 atom stereocenters. The van der Waals surface area contributed by atoms with Crippen LogP contribution in [0, 0.1) is 5.82 Å². The fourth-order valence-electron chi connectivity index (χ4n) is 2.31. The molecule has 2 amide bonds. The fraction of sp³-hybridized carbons (Fsp3) is 0.111. The van der Waals surface area contributed by atoms with Crippen LogP contribution in [-0.4, -0.2) is 15.8 Å². The lowest BCUT2D eigenvalue weighted by Gasteiger charge is -2.09. The number of carbonyl (C=O) groups excluding carboxylic acids is 1. The second-order valence-electron chi connectivity index (χ2n) is 5.41. The van der Waals surface area contributed by atoms with Crippen molar-refractivity contribution in [3.63, 3.8) is 0 Å². The number of halogens is 2. The topological polar surface area (TPSA) is 59.0 Å². The monoisotopic (exact) mass is 402 g/mol. The third-order valence-corrected chi connectivity index (χ3v) is 4.21. The van der Waals surface area contributed by atoms with Crippen molar-refractivity contribution in [3.8, 4) is 5.69 Å². The summed E-state index contributed by atoms with van der Waals surface area (Å²) < 4.78 is 15.6. The largest absolute Gasteiger partial charge is 0.334 e. The second kappa shape index (κ2) is 7.94. The Bertz CT molecular complexity index is 867. The molecule has 128 valence electrons. The molecule has 7 heteroatoms. The smallest absolute Gasteiger partial charge is 0.315 e. The van der Waals surface area contributed by atoms with Crippen molar-refractivity contribution < 1.29 is 9.18 Å². The van der Waals surface area contributed by atoms with Crippen LogP contribution in [0.3, 0.4) is 0 Å². The summed E-state index contributed by atoms with van der Waals surface area (Å²) in [5.41, 5.74) is 2.57. The molecule has 0 aliphatic heterocycles. The van der Waals surface area contributed by atoms with Gasteiger partial charge in [-0.2, -0.15) is 5.10 Å². The number of benzene rings is 2. The number of nitrogens with zero attached hydrogens (tertiary/aromatic N) is 2. The molecule has 0 aliphatic carbocycles. The summed E-state index contributed by atoms with van der Waals surface area (Å²) in [4.78, 5) is 11.9. The minimum absolute atomic E-state index is 0.253. The molecule has 0 aliphatic rings. The summed E-state index contributed by atoms with van der Waals surface area (Å²) in [5, 5.41) is 9.68. The average molecular weight is 403 g/mol. The van der Waals surface area contributed by atoms with Crippen LogP contribution in [0.4, 0.5) is 9.18 Å². The Morgan fingerprint density at radius 3 is 2.52 bits per heavy atom. The van der Waals surface area contributed by atoms with Crippen molar-refractivity contribution in [1.82, 2.24) is 20.4 Å². The molecule has 3 aromatic rings. The average Bonchev–Trinajstić information content (AvgIpc) is 3.16. The molecule has 1 heterocycles. The van der Waals surface area contributed by atoms with E-state index in [1.165, 1.54) is 6.07 Å². The molecule has 5 nitrogen and oxygen atoms in total. The summed E-state index contributed by atoms with van der Waals surface area (Å²) in [6, 6.07) is 14.0. The number of amides is 2. The van der Waals surface area contributed by atoms with Gasteiger partial charge in [-0.05, 0) is 57.4 Å². The molecule has 3 rings (SSSR count). The normalized spacial score (nSPS) is 10.5. The van der Waals surface area contributed by atoms with Crippen molar-refractivity contribution in [2.75, 3.05) is 0 Å². The van der Waals surface area contributed by atoms with Crippen molar-refractivity contribution in [3.05, 3.63) is 82.3 Å². The van der Waals surface area contributed by atoms with Crippen molar-refractivity contribution in [2.24, 2.45) is 0 Å². The standard InChI is InChI=1S/C18H16BrFN4O/c19-16-6-5-14(10-17(16)20)12-22-18(25)21-11-13-3-1-4-15(9-13)24-8-2-7-23-24/h1-10H,11-12H2,(H2,21,22,25). The Hall–Kier alpha value is -2.67. The summed E-state index contributed by atoms with van der Waals surface area (Å²) in [6.45, 7) is 0.638. The van der Waals surface area contributed by atoms with Crippen molar-refractivity contribution >= 4 is 22.0 Å². The fourth-order valence-corrected chi connectivity index (χ4v) is 2.55. The second-order valence-corrected chi connectivity index (χ2v) is 6.26. The number of urea groups is 1. The van der Waals surface area contributed by atoms with Gasteiger partial charge in [0, 0.05) is 25.5 Å². The Kier molecular flexibility index (Phi) is 5.45. The summed E-state index contributed by atoms with van der Waals surface area (Å²) in [7, 11) is 0. The zero-order chi connectivity index (χ0) is 17.6. The van der Waals surface area contributed by atoms with E-state index in [0.717, 1.165) is 11.3 Å². The van der Waals surface area contributed by atoms with E-state index in [-0.39, 0.29) is 18.4 Å². The molecule has 0 unspecified atom stereocenters. The maximum Gasteiger partial charge on any atom is 0.315 e. The number of carbonyl (C=O) groups is 1. The van der Waals surface area contributed by atoms with Crippen LogP contribution >= 0.6 is 15.9 Å². The third kappa shape index (κ3) is 4.67. The van der Waals surface area contributed by atoms with E-state index >= 15 is 0 Å². The molecule has 25 heavy (non-hydrogen) atoms. The van der Waals surface area contributed by atoms with Crippen LogP contribution in [0.1, 0.15) is 11.1 Å². The van der Waals surface area contributed by atoms with Gasteiger partial charge in [0.2, 0.25) is 0 Å². The van der Waals surface area contributed by atoms with Gasteiger partial charge in [0.15, 0.2) is 0 Å². The van der Waals surface area contributed by atoms with Gasteiger partial charge < -0.3 is 10.6 Å². The molecule has 2 aromatic carbocycles. The zero-order valence-corrected chi connectivity index (χ0v) is 14.8. The highest BCUT2D eigenvalue weighted by molar-refractivity contribution is 9.10. The van der Waals surface area contributed by atoms with Crippen LogP contribution in [0.25, 0.3) is 5.69 Å². The minimum atomic E-state index is -0.352. The molecule has 0 radical (unpaired) electrons. The van der Waals surface area contributed by atoms with E-state index in [4.69, 9.17) is 0 Å². The van der Waals surface area contributed by atoms with E-state index in [1.807, 2.05) is 36.5 Å². The van der Waals surface area contributed by atoms with E-state index < -0.39 is 0 Å². The quantitative estimate of drug-likeness (QED) is 0.682. The number of nitrogens with one attached hydrogen (secondary N) is 2. The van der Waals surface area contributed by atoms with Gasteiger partial charge >= 0.3 is 6.03 Å². The number of hydrogen-bond donors (Lipinski definition) is 2. The lowest BCUT2D eigenvalue weighted by Crippen LogP contribution is -2.34. The van der Waals surface area contributed by atoms with Gasteiger partial charge in [-0.25, -0.2) is 13.9 Å².